The molecule has 1 saturated heterocycles. The summed E-state index contributed by atoms with van der Waals surface area (Å²) < 4.78 is 26.0. The third-order valence-corrected chi connectivity index (χ3v) is 5.63. The maximum Gasteiger partial charge on any atom is 0.270 e. The van der Waals surface area contributed by atoms with Gasteiger partial charge in [0.2, 0.25) is 0 Å². The Morgan fingerprint density at radius 2 is 1.77 bits per heavy atom. The lowest BCUT2D eigenvalue weighted by molar-refractivity contribution is -0.122. The minimum atomic E-state index is -0.762. The van der Waals surface area contributed by atoms with Gasteiger partial charge in [-0.25, -0.2) is 9.29 Å². The highest BCUT2D eigenvalue weighted by Crippen LogP contribution is 2.38. The van der Waals surface area contributed by atoms with E-state index in [0.717, 1.165) is 10.5 Å². The number of rotatable bonds is 7. The first kappa shape index (κ1) is 24.4. The standard InChI is InChI=1S/C26H20ClFN2O4S/c1-2-33-22-14-17(13-19(27)23(22)34-15-16-8-4-3-5-9-16)12-18-24(31)29-26(35)30(25(18)32)21-11-7-6-10-20(21)28/h3-14H,2,15H2,1H3,(H,29,31,35)/b18-12+. The van der Waals surface area contributed by atoms with Gasteiger partial charge in [-0.05, 0) is 60.6 Å². The molecule has 0 aromatic heterocycles. The second-order valence-corrected chi connectivity index (χ2v) is 8.24. The van der Waals surface area contributed by atoms with Crippen LogP contribution in [-0.4, -0.2) is 23.5 Å². The second-order valence-electron chi connectivity index (χ2n) is 7.45. The van der Waals surface area contributed by atoms with Gasteiger partial charge in [-0.3, -0.25) is 14.9 Å². The average molecular weight is 511 g/mol. The van der Waals surface area contributed by atoms with Crippen LogP contribution in [-0.2, 0) is 16.2 Å². The lowest BCUT2D eigenvalue weighted by Crippen LogP contribution is -2.54. The number of carbonyl (C=O) groups is 2. The van der Waals surface area contributed by atoms with Crippen LogP contribution in [0.3, 0.4) is 0 Å². The van der Waals surface area contributed by atoms with E-state index in [9.17, 15) is 14.0 Å². The molecular weight excluding hydrogens is 491 g/mol. The van der Waals surface area contributed by atoms with Crippen molar-refractivity contribution in [2.75, 3.05) is 11.5 Å². The number of nitrogens with zero attached hydrogens (tertiary/aromatic N) is 1. The number of halogens is 2. The van der Waals surface area contributed by atoms with E-state index in [0.29, 0.717) is 23.7 Å². The number of amides is 2. The number of ether oxygens (including phenoxy) is 2. The summed E-state index contributed by atoms with van der Waals surface area (Å²) in [6.45, 7) is 2.43. The van der Waals surface area contributed by atoms with Crippen molar-refractivity contribution in [3.8, 4) is 11.5 Å². The molecule has 0 bridgehead atoms. The van der Waals surface area contributed by atoms with Crippen LogP contribution in [0.2, 0.25) is 5.02 Å². The molecule has 4 rings (SSSR count). The van der Waals surface area contributed by atoms with E-state index in [2.05, 4.69) is 5.32 Å². The zero-order valence-electron chi connectivity index (χ0n) is 18.6. The molecule has 1 fully saturated rings. The van der Waals surface area contributed by atoms with E-state index in [4.69, 9.17) is 33.3 Å². The Hall–Kier alpha value is -3.75. The topological polar surface area (TPSA) is 67.9 Å². The summed E-state index contributed by atoms with van der Waals surface area (Å²) in [5.74, 6) is -1.42. The van der Waals surface area contributed by atoms with Crippen LogP contribution >= 0.6 is 23.8 Å². The quantitative estimate of drug-likeness (QED) is 0.266. The normalized spacial score (nSPS) is 14.8. The molecule has 35 heavy (non-hydrogen) atoms. The molecule has 0 saturated carbocycles. The minimum absolute atomic E-state index is 0.0638. The number of thiocarbonyl (C=S) groups is 1. The van der Waals surface area contributed by atoms with Crippen LogP contribution in [0.1, 0.15) is 18.1 Å². The number of nitrogens with one attached hydrogen (secondary N) is 1. The van der Waals surface area contributed by atoms with Crippen molar-refractivity contribution in [3.63, 3.8) is 0 Å². The number of anilines is 1. The molecule has 3 aromatic rings. The van der Waals surface area contributed by atoms with E-state index in [-0.39, 0.29) is 28.0 Å². The van der Waals surface area contributed by atoms with Gasteiger partial charge in [0, 0.05) is 0 Å². The van der Waals surface area contributed by atoms with Gasteiger partial charge in [-0.2, -0.15) is 0 Å². The first-order chi connectivity index (χ1) is 16.9. The number of hydrogen-bond donors (Lipinski definition) is 1. The summed E-state index contributed by atoms with van der Waals surface area (Å²) in [5.41, 5.74) is 1.07. The number of para-hydroxylation sites is 1. The van der Waals surface area contributed by atoms with Gasteiger partial charge >= 0.3 is 0 Å². The van der Waals surface area contributed by atoms with Crippen molar-refractivity contribution in [1.29, 1.82) is 0 Å². The molecule has 0 radical (unpaired) electrons. The fraction of sp³-hybridized carbons (Fsp3) is 0.115. The third kappa shape index (κ3) is 5.34. The van der Waals surface area contributed by atoms with Crippen LogP contribution in [0.25, 0.3) is 6.08 Å². The highest BCUT2D eigenvalue weighted by atomic mass is 35.5. The summed E-state index contributed by atoms with van der Waals surface area (Å²) in [6, 6.07) is 18.4. The van der Waals surface area contributed by atoms with Crippen molar-refractivity contribution >= 4 is 52.5 Å². The monoisotopic (exact) mass is 510 g/mol. The maximum absolute atomic E-state index is 14.4. The molecule has 0 aliphatic carbocycles. The molecular formula is C26H20ClFN2O4S. The molecule has 1 aliphatic heterocycles. The lowest BCUT2D eigenvalue weighted by Gasteiger charge is -2.29. The number of carbonyl (C=O) groups excluding carboxylic acids is 2. The Balaban J connectivity index is 1.68. The SMILES string of the molecule is CCOc1cc(/C=C2\C(=O)NC(=S)N(c3ccccc3F)C2=O)cc(Cl)c1OCc1ccccc1. The molecule has 6 nitrogen and oxygen atoms in total. The van der Waals surface area contributed by atoms with E-state index in [1.54, 1.807) is 18.2 Å². The van der Waals surface area contributed by atoms with Crippen molar-refractivity contribution in [2.24, 2.45) is 0 Å². The predicted octanol–water partition coefficient (Wildman–Crippen LogP) is 5.29. The highest BCUT2D eigenvalue weighted by molar-refractivity contribution is 7.80. The average Bonchev–Trinajstić information content (AvgIpc) is 2.83. The third-order valence-electron chi connectivity index (χ3n) is 5.06. The molecule has 2 amide bonds. The Kier molecular flexibility index (Phi) is 7.43. The molecule has 0 unspecified atom stereocenters. The van der Waals surface area contributed by atoms with Crippen LogP contribution in [0.4, 0.5) is 10.1 Å². The molecule has 0 atom stereocenters. The molecule has 178 valence electrons. The van der Waals surface area contributed by atoms with E-state index in [1.807, 2.05) is 37.3 Å². The molecule has 1 N–H and O–H groups in total. The van der Waals surface area contributed by atoms with Crippen molar-refractivity contribution in [3.05, 3.63) is 94.3 Å². The molecule has 0 spiro atoms. The first-order valence-corrected chi connectivity index (χ1v) is 11.5. The summed E-state index contributed by atoms with van der Waals surface area (Å²) in [6.07, 6.45) is 1.35. The van der Waals surface area contributed by atoms with Crippen LogP contribution in [0.15, 0.2) is 72.3 Å². The molecule has 1 aliphatic rings. The van der Waals surface area contributed by atoms with Gasteiger partial charge in [-0.1, -0.05) is 54.1 Å². The predicted molar refractivity (Wildman–Crippen MR) is 136 cm³/mol. The summed E-state index contributed by atoms with van der Waals surface area (Å²) in [7, 11) is 0. The van der Waals surface area contributed by atoms with Crippen LogP contribution in [0.5, 0.6) is 11.5 Å². The van der Waals surface area contributed by atoms with Crippen molar-refractivity contribution in [2.45, 2.75) is 13.5 Å². The first-order valence-electron chi connectivity index (χ1n) is 10.7. The van der Waals surface area contributed by atoms with E-state index >= 15 is 0 Å². The number of hydrogen-bond acceptors (Lipinski definition) is 5. The highest BCUT2D eigenvalue weighted by Gasteiger charge is 2.35. The van der Waals surface area contributed by atoms with Crippen molar-refractivity contribution in [1.82, 2.24) is 5.32 Å². The van der Waals surface area contributed by atoms with Crippen LogP contribution < -0.4 is 19.7 Å². The van der Waals surface area contributed by atoms with Crippen LogP contribution in [0, 0.1) is 5.82 Å². The van der Waals surface area contributed by atoms with Gasteiger partial charge in [0.25, 0.3) is 11.8 Å². The van der Waals surface area contributed by atoms with Gasteiger partial charge in [0.05, 0.1) is 17.3 Å². The maximum atomic E-state index is 14.4. The molecule has 9 heteroatoms. The van der Waals surface area contributed by atoms with Gasteiger partial charge in [0.1, 0.15) is 18.0 Å². The Labute approximate surface area is 211 Å². The minimum Gasteiger partial charge on any atom is -0.490 e. The van der Waals surface area contributed by atoms with Crippen molar-refractivity contribution < 1.29 is 23.5 Å². The summed E-state index contributed by atoms with van der Waals surface area (Å²) >= 11 is 11.6. The zero-order valence-corrected chi connectivity index (χ0v) is 20.2. The summed E-state index contributed by atoms with van der Waals surface area (Å²) in [5, 5.41) is 2.47. The van der Waals surface area contributed by atoms with Gasteiger partial charge < -0.3 is 9.47 Å². The van der Waals surface area contributed by atoms with Gasteiger partial charge in [-0.15, -0.1) is 0 Å². The Morgan fingerprint density at radius 3 is 2.49 bits per heavy atom. The smallest absolute Gasteiger partial charge is 0.270 e. The molecule has 3 aromatic carbocycles. The Morgan fingerprint density at radius 1 is 1.06 bits per heavy atom. The summed E-state index contributed by atoms with van der Waals surface area (Å²) in [4.78, 5) is 26.7. The fourth-order valence-electron chi connectivity index (χ4n) is 3.48. The largest absolute Gasteiger partial charge is 0.490 e. The lowest BCUT2D eigenvalue weighted by atomic mass is 10.1. The number of benzene rings is 3. The van der Waals surface area contributed by atoms with E-state index in [1.165, 1.54) is 24.3 Å². The second kappa shape index (κ2) is 10.7. The zero-order chi connectivity index (χ0) is 24.9. The fourth-order valence-corrected chi connectivity index (χ4v) is 4.03. The van der Waals surface area contributed by atoms with Gasteiger partial charge in [0.15, 0.2) is 16.6 Å². The Bertz CT molecular complexity index is 1330. The van der Waals surface area contributed by atoms with E-state index < -0.39 is 17.6 Å². The molecule has 1 heterocycles.